The van der Waals surface area contributed by atoms with E-state index >= 15 is 0 Å². The zero-order valence-electron chi connectivity index (χ0n) is 14.3. The molecule has 5 nitrogen and oxygen atoms in total. The molecule has 1 aliphatic heterocycles. The van der Waals surface area contributed by atoms with E-state index in [2.05, 4.69) is 15.6 Å². The Kier molecular flexibility index (Phi) is 5.45. The van der Waals surface area contributed by atoms with Crippen LogP contribution in [0.1, 0.15) is 38.0 Å². The van der Waals surface area contributed by atoms with Crippen LogP contribution in [0.2, 0.25) is 0 Å². The number of carbonyl (C=O) groups excluding carboxylic acids is 1. The van der Waals surface area contributed by atoms with Gasteiger partial charge in [0.15, 0.2) is 11.7 Å². The fourth-order valence-corrected chi connectivity index (χ4v) is 3.96. The molecule has 6 heteroatoms. The van der Waals surface area contributed by atoms with Gasteiger partial charge in [0.1, 0.15) is 0 Å². The zero-order chi connectivity index (χ0) is 16.5. The van der Waals surface area contributed by atoms with Crippen LogP contribution in [0.25, 0.3) is 11.3 Å². The highest BCUT2D eigenvalue weighted by Crippen LogP contribution is 2.33. The van der Waals surface area contributed by atoms with Crippen LogP contribution in [0.5, 0.6) is 0 Å². The third kappa shape index (κ3) is 3.88. The molecule has 0 spiro atoms. The summed E-state index contributed by atoms with van der Waals surface area (Å²) in [4.78, 5) is 16.6. The van der Waals surface area contributed by atoms with Crippen molar-refractivity contribution in [3.8, 4) is 11.3 Å². The monoisotopic (exact) mass is 361 g/mol. The molecule has 1 aliphatic carbocycles. The van der Waals surface area contributed by atoms with Gasteiger partial charge in [-0.1, -0.05) is 12.8 Å². The number of anilines is 1. The van der Waals surface area contributed by atoms with Crippen molar-refractivity contribution >= 4 is 24.0 Å². The van der Waals surface area contributed by atoms with Crippen LogP contribution in [0.15, 0.2) is 34.9 Å². The highest BCUT2D eigenvalue weighted by atomic mass is 35.5. The van der Waals surface area contributed by atoms with Crippen molar-refractivity contribution in [2.45, 2.75) is 51.1 Å². The van der Waals surface area contributed by atoms with Crippen LogP contribution in [-0.4, -0.2) is 23.0 Å². The number of carbonyl (C=O) groups is 1. The molecule has 0 radical (unpaired) electrons. The molecule has 25 heavy (non-hydrogen) atoms. The molecule has 1 saturated carbocycles. The van der Waals surface area contributed by atoms with Gasteiger partial charge in [0.2, 0.25) is 5.91 Å². The lowest BCUT2D eigenvalue weighted by molar-refractivity contribution is -0.117. The first-order valence-electron chi connectivity index (χ1n) is 8.79. The molecule has 2 N–H and O–H groups in total. The number of nitrogens with zero attached hydrogens (tertiary/aromatic N) is 1. The molecule has 2 aliphatic rings. The number of halogens is 1. The first-order valence-corrected chi connectivity index (χ1v) is 8.79. The van der Waals surface area contributed by atoms with E-state index in [4.69, 9.17) is 4.42 Å². The number of oxazole rings is 1. The summed E-state index contributed by atoms with van der Waals surface area (Å²) in [5, 5.41) is 6.55. The molecule has 2 heterocycles. The summed E-state index contributed by atoms with van der Waals surface area (Å²) in [6.45, 7) is 1.82. The van der Waals surface area contributed by atoms with E-state index in [0.29, 0.717) is 17.9 Å². The van der Waals surface area contributed by atoms with Crippen molar-refractivity contribution in [3.05, 3.63) is 36.4 Å². The van der Waals surface area contributed by atoms with E-state index < -0.39 is 0 Å². The fourth-order valence-electron chi connectivity index (χ4n) is 3.96. The van der Waals surface area contributed by atoms with Gasteiger partial charge in [-0.2, -0.15) is 0 Å². The van der Waals surface area contributed by atoms with Gasteiger partial charge in [0, 0.05) is 24.2 Å². The number of hydrogen-bond donors (Lipinski definition) is 2. The summed E-state index contributed by atoms with van der Waals surface area (Å²) in [6, 6.07) is 8.18. The number of fused-ring (bicyclic) bond motifs is 1. The molecule has 3 unspecified atom stereocenters. The second-order valence-electron chi connectivity index (χ2n) is 6.92. The lowest BCUT2D eigenvalue weighted by atomic mass is 9.85. The summed E-state index contributed by atoms with van der Waals surface area (Å²) < 4.78 is 5.52. The summed E-state index contributed by atoms with van der Waals surface area (Å²) in [6.07, 6.45) is 7.73. The SMILES string of the molecule is Cc1ncc(-c2ccc(NC(=O)C3CC4CCCCC4N3)cc2)o1.Cl. The number of hydrogen-bond acceptors (Lipinski definition) is 4. The maximum absolute atomic E-state index is 12.5. The van der Waals surface area contributed by atoms with Crippen LogP contribution in [0.4, 0.5) is 5.69 Å². The largest absolute Gasteiger partial charge is 0.441 e. The minimum Gasteiger partial charge on any atom is -0.441 e. The second-order valence-corrected chi connectivity index (χ2v) is 6.92. The van der Waals surface area contributed by atoms with Crippen molar-refractivity contribution in [2.75, 3.05) is 5.32 Å². The first-order chi connectivity index (χ1) is 11.7. The first kappa shape index (κ1) is 18.0. The third-order valence-corrected chi connectivity index (χ3v) is 5.24. The summed E-state index contributed by atoms with van der Waals surface area (Å²) in [5.74, 6) is 2.14. The smallest absolute Gasteiger partial charge is 0.241 e. The Morgan fingerprint density at radius 1 is 1.24 bits per heavy atom. The predicted molar refractivity (Wildman–Crippen MR) is 99.8 cm³/mol. The fraction of sp³-hybridized carbons (Fsp3) is 0.474. The quantitative estimate of drug-likeness (QED) is 0.869. The van der Waals surface area contributed by atoms with E-state index in [0.717, 1.165) is 23.4 Å². The number of nitrogens with one attached hydrogen (secondary N) is 2. The number of amides is 1. The van der Waals surface area contributed by atoms with E-state index in [9.17, 15) is 4.79 Å². The highest BCUT2D eigenvalue weighted by molar-refractivity contribution is 5.95. The predicted octanol–water partition coefficient (Wildman–Crippen LogP) is 3.93. The maximum atomic E-state index is 12.5. The summed E-state index contributed by atoms with van der Waals surface area (Å²) in [7, 11) is 0. The van der Waals surface area contributed by atoms with Crippen LogP contribution < -0.4 is 10.6 Å². The lowest BCUT2D eigenvalue weighted by Crippen LogP contribution is -2.39. The Hall–Kier alpha value is -1.85. The number of aromatic nitrogens is 1. The summed E-state index contributed by atoms with van der Waals surface area (Å²) in [5.41, 5.74) is 1.77. The Morgan fingerprint density at radius 2 is 2.00 bits per heavy atom. The van der Waals surface area contributed by atoms with E-state index in [1.54, 1.807) is 6.20 Å². The van der Waals surface area contributed by atoms with Crippen molar-refractivity contribution in [1.82, 2.24) is 10.3 Å². The molecule has 1 amide bonds. The second kappa shape index (κ2) is 7.58. The molecule has 4 rings (SSSR count). The van der Waals surface area contributed by atoms with Gasteiger partial charge in [-0.3, -0.25) is 4.79 Å². The van der Waals surface area contributed by atoms with Crippen molar-refractivity contribution in [1.29, 1.82) is 0 Å². The molecule has 0 bridgehead atoms. The molecule has 2 aromatic rings. The van der Waals surface area contributed by atoms with Crippen molar-refractivity contribution in [3.63, 3.8) is 0 Å². The van der Waals surface area contributed by atoms with Crippen molar-refractivity contribution in [2.24, 2.45) is 5.92 Å². The van der Waals surface area contributed by atoms with Crippen LogP contribution in [0.3, 0.4) is 0 Å². The average molecular weight is 362 g/mol. The topological polar surface area (TPSA) is 67.2 Å². The molecule has 1 saturated heterocycles. The van der Waals surface area contributed by atoms with Gasteiger partial charge in [-0.15, -0.1) is 12.4 Å². The normalized spacial score (nSPS) is 25.1. The van der Waals surface area contributed by atoms with E-state index in [1.165, 1.54) is 25.7 Å². The molecule has 3 atom stereocenters. The Bertz CT molecular complexity index is 715. The van der Waals surface area contributed by atoms with E-state index in [1.807, 2.05) is 31.2 Å². The molecular weight excluding hydrogens is 338 g/mol. The molecule has 2 fully saturated rings. The van der Waals surface area contributed by atoms with Crippen molar-refractivity contribution < 1.29 is 9.21 Å². The number of benzene rings is 1. The number of rotatable bonds is 3. The lowest BCUT2D eigenvalue weighted by Gasteiger charge is -2.24. The van der Waals surface area contributed by atoms with Crippen LogP contribution in [-0.2, 0) is 4.79 Å². The Balaban J connectivity index is 0.00000182. The van der Waals surface area contributed by atoms with Gasteiger partial charge in [0.05, 0.1) is 12.2 Å². The minimum absolute atomic E-state index is 0. The molecule has 1 aromatic carbocycles. The van der Waals surface area contributed by atoms with E-state index in [-0.39, 0.29) is 24.4 Å². The van der Waals surface area contributed by atoms with Crippen LogP contribution in [0, 0.1) is 12.8 Å². The molecular formula is C19H24ClN3O2. The maximum Gasteiger partial charge on any atom is 0.241 e. The Morgan fingerprint density at radius 3 is 2.68 bits per heavy atom. The average Bonchev–Trinajstić information content (AvgIpc) is 3.21. The van der Waals surface area contributed by atoms with Gasteiger partial charge in [-0.05, 0) is 49.4 Å². The molecule has 1 aromatic heterocycles. The molecule has 134 valence electrons. The third-order valence-electron chi connectivity index (χ3n) is 5.24. The van der Waals surface area contributed by atoms with Gasteiger partial charge < -0.3 is 15.1 Å². The summed E-state index contributed by atoms with van der Waals surface area (Å²) >= 11 is 0. The number of aryl methyl sites for hydroxylation is 1. The zero-order valence-corrected chi connectivity index (χ0v) is 15.1. The van der Waals surface area contributed by atoms with Crippen LogP contribution >= 0.6 is 12.4 Å². The van der Waals surface area contributed by atoms with Gasteiger partial charge in [0.25, 0.3) is 0 Å². The minimum atomic E-state index is -0.0605. The van der Waals surface area contributed by atoms with Gasteiger partial charge in [-0.25, -0.2) is 4.98 Å². The Labute approximate surface area is 154 Å². The standard InChI is InChI=1S/C19H23N3O2.ClH/c1-12-20-11-18(24-12)13-6-8-15(9-7-13)21-19(23)17-10-14-4-2-3-5-16(14)22-17;/h6-9,11,14,16-17,22H,2-5,10H2,1H3,(H,21,23);1H. The van der Waals surface area contributed by atoms with Gasteiger partial charge >= 0.3 is 0 Å². The highest BCUT2D eigenvalue weighted by Gasteiger charge is 2.38.